The van der Waals surface area contributed by atoms with Gasteiger partial charge in [0.15, 0.2) is 0 Å². The molecule has 0 aromatic heterocycles. The van der Waals surface area contributed by atoms with Gasteiger partial charge in [0.25, 0.3) is 0 Å². The minimum absolute atomic E-state index is 0.765. The molecule has 1 aliphatic rings. The van der Waals surface area contributed by atoms with Crippen molar-refractivity contribution in [1.29, 1.82) is 0 Å². The van der Waals surface area contributed by atoms with Crippen molar-refractivity contribution in [2.45, 2.75) is 25.6 Å². The van der Waals surface area contributed by atoms with E-state index in [1.807, 2.05) is 0 Å². The maximum atomic E-state index is 5.33. The van der Waals surface area contributed by atoms with Gasteiger partial charge in [0.2, 0.25) is 0 Å². The van der Waals surface area contributed by atoms with Crippen molar-refractivity contribution < 1.29 is 0 Å². The van der Waals surface area contributed by atoms with Crippen LogP contribution in [0.4, 0.5) is 0 Å². The van der Waals surface area contributed by atoms with Crippen LogP contribution in [0, 0.1) is 5.92 Å². The molecule has 2 unspecified atom stereocenters. The Labute approximate surface area is 51.9 Å². The van der Waals surface area contributed by atoms with Crippen LogP contribution < -0.4 is 5.73 Å². The molecule has 0 heterocycles. The molecule has 0 spiro atoms. The van der Waals surface area contributed by atoms with Gasteiger partial charge in [0, 0.05) is 0 Å². The second kappa shape index (κ2) is 2.54. The maximum Gasteiger partial charge on any atom is 0.132 e. The number of hydrogen-bond acceptors (Lipinski definition) is 1. The molecule has 1 fully saturated rings. The zero-order valence-corrected chi connectivity index (χ0v) is 5.43. The van der Waals surface area contributed by atoms with Crippen LogP contribution in [0.15, 0.2) is 0 Å². The highest BCUT2D eigenvalue weighted by molar-refractivity contribution is 6.39. The second-order valence-electron chi connectivity index (χ2n) is 2.54. The summed E-state index contributed by atoms with van der Waals surface area (Å²) in [5.41, 5.74) is 5.33. The Bertz CT molecular complexity index is 74.9. The van der Waals surface area contributed by atoms with Crippen LogP contribution in [-0.2, 0) is 0 Å². The number of rotatable bonds is 3. The fourth-order valence-electron chi connectivity index (χ4n) is 1.20. The normalized spacial score (nSPS) is 34.8. The predicted octanol–water partition coefficient (Wildman–Crippen LogP) is 0.825. The van der Waals surface area contributed by atoms with E-state index < -0.39 is 0 Å². The summed E-state index contributed by atoms with van der Waals surface area (Å²) < 4.78 is 0. The summed E-state index contributed by atoms with van der Waals surface area (Å²) in [6.07, 6.45) is 3.50. The molecule has 2 heteroatoms. The molecule has 2 atom stereocenters. The molecule has 0 aromatic carbocycles. The molecule has 1 rings (SSSR count). The van der Waals surface area contributed by atoms with E-state index in [0.29, 0.717) is 0 Å². The molecule has 45 valence electrons. The van der Waals surface area contributed by atoms with Crippen LogP contribution in [0.1, 0.15) is 19.8 Å². The van der Waals surface area contributed by atoms with Gasteiger partial charge >= 0.3 is 0 Å². The van der Waals surface area contributed by atoms with E-state index >= 15 is 0 Å². The van der Waals surface area contributed by atoms with E-state index in [0.717, 1.165) is 18.2 Å². The van der Waals surface area contributed by atoms with Crippen LogP contribution in [0.5, 0.6) is 0 Å². The average Bonchev–Trinajstić information content (AvgIpc) is 2.48. The molecule has 0 amide bonds. The van der Waals surface area contributed by atoms with E-state index in [2.05, 4.69) is 14.2 Å². The lowest BCUT2D eigenvalue weighted by Gasteiger charge is -1.88. The summed E-state index contributed by atoms with van der Waals surface area (Å²) >= 11 is 0. The third-order valence-electron chi connectivity index (χ3n) is 1.94. The van der Waals surface area contributed by atoms with Crippen molar-refractivity contribution in [1.82, 2.24) is 0 Å². The van der Waals surface area contributed by atoms with Gasteiger partial charge in [-0.1, -0.05) is 25.6 Å². The van der Waals surface area contributed by atoms with Crippen molar-refractivity contribution in [3.63, 3.8) is 0 Å². The SMILES string of the molecule is CCC1CC1[B]CN. The fourth-order valence-corrected chi connectivity index (χ4v) is 1.20. The van der Waals surface area contributed by atoms with Crippen LogP contribution >= 0.6 is 0 Å². The number of nitrogens with two attached hydrogens (primary N) is 1. The van der Waals surface area contributed by atoms with Gasteiger partial charge in [-0.05, 0) is 12.4 Å². The summed E-state index contributed by atoms with van der Waals surface area (Å²) in [6.45, 7) is 2.25. The minimum Gasteiger partial charge on any atom is -0.338 e. The first-order valence-corrected chi connectivity index (χ1v) is 3.42. The van der Waals surface area contributed by atoms with E-state index in [9.17, 15) is 0 Å². The molecule has 0 bridgehead atoms. The summed E-state index contributed by atoms with van der Waals surface area (Å²) in [4.78, 5) is 0. The predicted molar refractivity (Wildman–Crippen MR) is 37.0 cm³/mol. The van der Waals surface area contributed by atoms with Crippen LogP contribution in [-0.4, -0.2) is 13.7 Å². The summed E-state index contributed by atoms with van der Waals surface area (Å²) in [5, 5.41) is 0. The zero-order chi connectivity index (χ0) is 5.98. The number of hydrogen-bond donors (Lipinski definition) is 1. The summed E-state index contributed by atoms with van der Waals surface area (Å²) in [5.74, 6) is 1.86. The molecule has 1 saturated carbocycles. The van der Waals surface area contributed by atoms with Gasteiger partial charge in [-0.15, -0.1) is 0 Å². The molecule has 8 heavy (non-hydrogen) atoms. The van der Waals surface area contributed by atoms with Crippen molar-refractivity contribution >= 4 is 7.28 Å². The van der Waals surface area contributed by atoms with E-state index in [4.69, 9.17) is 5.73 Å². The minimum atomic E-state index is 0.765. The van der Waals surface area contributed by atoms with Crippen LogP contribution in [0.3, 0.4) is 0 Å². The average molecular weight is 110 g/mol. The van der Waals surface area contributed by atoms with Crippen LogP contribution in [0.2, 0.25) is 5.82 Å². The highest BCUT2D eigenvalue weighted by Gasteiger charge is 2.33. The first kappa shape index (κ1) is 6.15. The van der Waals surface area contributed by atoms with Crippen molar-refractivity contribution in [3.8, 4) is 0 Å². The highest BCUT2D eigenvalue weighted by Crippen LogP contribution is 2.45. The lowest BCUT2D eigenvalue weighted by atomic mass is 9.71. The second-order valence-corrected chi connectivity index (χ2v) is 2.54. The van der Waals surface area contributed by atoms with E-state index in [1.165, 1.54) is 12.8 Å². The Morgan fingerprint density at radius 3 is 2.88 bits per heavy atom. The van der Waals surface area contributed by atoms with E-state index in [1.54, 1.807) is 0 Å². The molecule has 0 saturated heterocycles. The smallest absolute Gasteiger partial charge is 0.132 e. The fraction of sp³-hybridized carbons (Fsp3) is 1.00. The van der Waals surface area contributed by atoms with Gasteiger partial charge in [0.1, 0.15) is 7.28 Å². The Kier molecular flexibility index (Phi) is 1.95. The third-order valence-corrected chi connectivity index (χ3v) is 1.94. The molecule has 1 aliphatic carbocycles. The van der Waals surface area contributed by atoms with Gasteiger partial charge in [-0.25, -0.2) is 0 Å². The Balaban J connectivity index is 1.99. The zero-order valence-electron chi connectivity index (χ0n) is 5.43. The lowest BCUT2D eigenvalue weighted by Crippen LogP contribution is -2.08. The maximum absolute atomic E-state index is 5.33. The monoisotopic (exact) mass is 110 g/mol. The third kappa shape index (κ3) is 1.25. The summed E-state index contributed by atoms with van der Waals surface area (Å²) in [7, 11) is 2.23. The Morgan fingerprint density at radius 1 is 1.75 bits per heavy atom. The topological polar surface area (TPSA) is 26.0 Å². The van der Waals surface area contributed by atoms with Gasteiger partial charge in [-0.3, -0.25) is 0 Å². The first-order chi connectivity index (χ1) is 3.88. The Morgan fingerprint density at radius 2 is 2.50 bits per heavy atom. The first-order valence-electron chi connectivity index (χ1n) is 3.42. The molecular formula is C6H13BN. The standard InChI is InChI=1S/C6H13BN/c1-2-5-3-6(5)7-4-8/h5-6H,2-4,8H2,1H3. The summed E-state index contributed by atoms with van der Waals surface area (Å²) in [6, 6.07) is 0. The van der Waals surface area contributed by atoms with Crippen molar-refractivity contribution in [2.75, 3.05) is 6.44 Å². The quantitative estimate of drug-likeness (QED) is 0.535. The largest absolute Gasteiger partial charge is 0.338 e. The van der Waals surface area contributed by atoms with Crippen molar-refractivity contribution in [2.24, 2.45) is 11.7 Å². The van der Waals surface area contributed by atoms with Gasteiger partial charge in [-0.2, -0.15) is 0 Å². The molecule has 1 radical (unpaired) electrons. The van der Waals surface area contributed by atoms with Gasteiger partial charge < -0.3 is 5.73 Å². The molecular weight excluding hydrogens is 96.9 g/mol. The molecule has 1 nitrogen and oxygen atoms in total. The Hall–Kier alpha value is 0.0249. The molecule has 0 aliphatic heterocycles. The van der Waals surface area contributed by atoms with E-state index in [-0.39, 0.29) is 0 Å². The molecule has 2 N–H and O–H groups in total. The highest BCUT2D eigenvalue weighted by atomic mass is 14.5. The molecule has 0 aromatic rings. The van der Waals surface area contributed by atoms with Crippen molar-refractivity contribution in [3.05, 3.63) is 0 Å². The lowest BCUT2D eigenvalue weighted by molar-refractivity contribution is 0.796. The van der Waals surface area contributed by atoms with Crippen LogP contribution in [0.25, 0.3) is 0 Å². The van der Waals surface area contributed by atoms with Gasteiger partial charge in [0.05, 0.1) is 0 Å².